The van der Waals surface area contributed by atoms with E-state index < -0.39 is 0 Å². The molecular formula is C17H32N2O2. The number of hydrogen-bond acceptors (Lipinski definition) is 3. The second-order valence-electron chi connectivity index (χ2n) is 6.85. The van der Waals surface area contributed by atoms with Gasteiger partial charge in [-0.15, -0.1) is 0 Å². The number of carbonyl (C=O) groups is 1. The Balaban J connectivity index is 2.12. The molecule has 0 aromatic rings. The van der Waals surface area contributed by atoms with Crippen LogP contribution in [0.3, 0.4) is 0 Å². The summed E-state index contributed by atoms with van der Waals surface area (Å²) in [6, 6.07) is 0.372. The molecule has 2 fully saturated rings. The van der Waals surface area contributed by atoms with Crippen LogP contribution in [-0.2, 0) is 9.53 Å². The van der Waals surface area contributed by atoms with E-state index in [0.717, 1.165) is 45.3 Å². The molecule has 1 saturated heterocycles. The van der Waals surface area contributed by atoms with E-state index in [1.165, 1.54) is 12.8 Å². The van der Waals surface area contributed by atoms with E-state index in [1.807, 2.05) is 0 Å². The smallest absolute Gasteiger partial charge is 0.229 e. The lowest BCUT2D eigenvalue weighted by atomic mass is 9.74. The lowest BCUT2D eigenvalue weighted by Crippen LogP contribution is -2.53. The van der Waals surface area contributed by atoms with Gasteiger partial charge < -0.3 is 15.0 Å². The van der Waals surface area contributed by atoms with Crippen molar-refractivity contribution in [3.8, 4) is 0 Å². The van der Waals surface area contributed by atoms with E-state index in [2.05, 4.69) is 24.1 Å². The highest BCUT2D eigenvalue weighted by Crippen LogP contribution is 2.40. The average molecular weight is 296 g/mol. The average Bonchev–Trinajstić information content (AvgIpc) is 3.33. The van der Waals surface area contributed by atoms with Gasteiger partial charge in [0.25, 0.3) is 0 Å². The summed E-state index contributed by atoms with van der Waals surface area (Å²) in [4.78, 5) is 15.5. The number of nitrogens with one attached hydrogen (secondary N) is 1. The minimum absolute atomic E-state index is 0.128. The van der Waals surface area contributed by atoms with Crippen molar-refractivity contribution in [2.24, 2.45) is 11.3 Å². The Bertz CT molecular complexity index is 330. The quantitative estimate of drug-likeness (QED) is 0.748. The highest BCUT2D eigenvalue weighted by Gasteiger charge is 2.44. The summed E-state index contributed by atoms with van der Waals surface area (Å²) >= 11 is 0. The Morgan fingerprint density at radius 1 is 1.38 bits per heavy atom. The Hall–Kier alpha value is -0.610. The second kappa shape index (κ2) is 7.59. The molecule has 0 aromatic carbocycles. The summed E-state index contributed by atoms with van der Waals surface area (Å²) in [5, 5.41) is 3.40. The first-order valence-electron chi connectivity index (χ1n) is 8.65. The number of amides is 1. The number of rotatable bonds is 8. The van der Waals surface area contributed by atoms with Crippen LogP contribution in [0.1, 0.15) is 52.4 Å². The molecule has 1 heterocycles. The predicted molar refractivity (Wildman–Crippen MR) is 85.2 cm³/mol. The normalized spacial score (nSPS) is 22.8. The largest absolute Gasteiger partial charge is 0.383 e. The number of carbonyl (C=O) groups excluding carboxylic acids is 1. The molecule has 1 aliphatic carbocycles. The maximum atomic E-state index is 13.3. The Kier molecular flexibility index (Phi) is 6.06. The van der Waals surface area contributed by atoms with E-state index in [-0.39, 0.29) is 5.41 Å². The number of methoxy groups -OCH3 is 1. The van der Waals surface area contributed by atoms with E-state index in [4.69, 9.17) is 4.74 Å². The molecule has 1 saturated carbocycles. The van der Waals surface area contributed by atoms with Crippen molar-refractivity contribution in [3.05, 3.63) is 0 Å². The molecule has 0 radical (unpaired) electrons. The topological polar surface area (TPSA) is 41.6 Å². The van der Waals surface area contributed by atoms with Gasteiger partial charge in [-0.3, -0.25) is 4.79 Å². The minimum atomic E-state index is -0.128. The highest BCUT2D eigenvalue weighted by molar-refractivity contribution is 5.83. The maximum Gasteiger partial charge on any atom is 0.229 e. The van der Waals surface area contributed by atoms with E-state index >= 15 is 0 Å². The lowest BCUT2D eigenvalue weighted by molar-refractivity contribution is -0.148. The van der Waals surface area contributed by atoms with Crippen LogP contribution in [0.25, 0.3) is 0 Å². The van der Waals surface area contributed by atoms with Gasteiger partial charge in [0.05, 0.1) is 12.0 Å². The van der Waals surface area contributed by atoms with Gasteiger partial charge in [0.15, 0.2) is 0 Å². The molecule has 4 nitrogen and oxygen atoms in total. The van der Waals surface area contributed by atoms with Gasteiger partial charge in [0.2, 0.25) is 5.91 Å². The van der Waals surface area contributed by atoms with Gasteiger partial charge in [-0.05, 0) is 58.0 Å². The van der Waals surface area contributed by atoms with Crippen LogP contribution in [0, 0.1) is 11.3 Å². The van der Waals surface area contributed by atoms with Crippen molar-refractivity contribution in [3.63, 3.8) is 0 Å². The predicted octanol–water partition coefficient (Wildman–Crippen LogP) is 2.43. The van der Waals surface area contributed by atoms with Gasteiger partial charge in [-0.1, -0.05) is 13.3 Å². The van der Waals surface area contributed by atoms with Crippen LogP contribution in [0.2, 0.25) is 0 Å². The zero-order valence-electron chi connectivity index (χ0n) is 14.0. The summed E-state index contributed by atoms with van der Waals surface area (Å²) in [6.45, 7) is 7.76. The van der Waals surface area contributed by atoms with Crippen LogP contribution in [-0.4, -0.2) is 50.2 Å². The van der Waals surface area contributed by atoms with Crippen LogP contribution in [0.15, 0.2) is 0 Å². The Morgan fingerprint density at radius 3 is 2.57 bits per heavy atom. The van der Waals surface area contributed by atoms with Crippen LogP contribution < -0.4 is 5.32 Å². The van der Waals surface area contributed by atoms with Crippen molar-refractivity contribution >= 4 is 5.91 Å². The van der Waals surface area contributed by atoms with E-state index in [1.54, 1.807) is 7.11 Å². The fourth-order valence-electron chi connectivity index (χ4n) is 3.77. The summed E-state index contributed by atoms with van der Waals surface area (Å²) in [7, 11) is 1.72. The third kappa shape index (κ3) is 3.98. The standard InChI is InChI=1S/C17H32N2O2/c1-4-7-17(8-10-18-11-9-17)16(20)19(12-13-21-3)14(2)15-5-6-15/h14-15,18H,4-13H2,1-3H3. The number of nitrogens with zero attached hydrogens (tertiary/aromatic N) is 1. The molecule has 1 atom stereocenters. The molecule has 21 heavy (non-hydrogen) atoms. The first kappa shape index (κ1) is 16.8. The molecule has 0 spiro atoms. The molecule has 2 rings (SSSR count). The zero-order valence-corrected chi connectivity index (χ0v) is 14.0. The van der Waals surface area contributed by atoms with Crippen molar-refractivity contribution in [2.45, 2.75) is 58.4 Å². The lowest BCUT2D eigenvalue weighted by Gasteiger charge is -2.42. The van der Waals surface area contributed by atoms with Gasteiger partial charge in [0, 0.05) is 19.7 Å². The molecule has 2 aliphatic rings. The van der Waals surface area contributed by atoms with E-state index in [9.17, 15) is 4.79 Å². The Morgan fingerprint density at radius 2 is 2.05 bits per heavy atom. The van der Waals surface area contributed by atoms with E-state index in [0.29, 0.717) is 24.5 Å². The SMILES string of the molecule is CCCC1(C(=O)N(CCOC)C(C)C2CC2)CCNCC1. The van der Waals surface area contributed by atoms with Crippen molar-refractivity contribution < 1.29 is 9.53 Å². The summed E-state index contributed by atoms with van der Waals surface area (Å²) in [5.41, 5.74) is -0.128. The molecule has 122 valence electrons. The molecule has 1 unspecified atom stereocenters. The molecule has 1 N–H and O–H groups in total. The van der Waals surface area contributed by atoms with Crippen LogP contribution >= 0.6 is 0 Å². The molecule has 0 aromatic heterocycles. The fraction of sp³-hybridized carbons (Fsp3) is 0.941. The third-order valence-electron chi connectivity index (χ3n) is 5.34. The zero-order chi connectivity index (χ0) is 15.3. The van der Waals surface area contributed by atoms with Crippen molar-refractivity contribution in [2.75, 3.05) is 33.4 Å². The molecule has 1 amide bonds. The number of hydrogen-bond donors (Lipinski definition) is 1. The van der Waals surface area contributed by atoms with Gasteiger partial charge in [-0.2, -0.15) is 0 Å². The minimum Gasteiger partial charge on any atom is -0.383 e. The first-order valence-corrected chi connectivity index (χ1v) is 8.65. The van der Waals surface area contributed by atoms with Crippen molar-refractivity contribution in [1.82, 2.24) is 10.2 Å². The van der Waals surface area contributed by atoms with Crippen LogP contribution in [0.4, 0.5) is 0 Å². The number of piperidine rings is 1. The molecular weight excluding hydrogens is 264 g/mol. The van der Waals surface area contributed by atoms with Crippen molar-refractivity contribution in [1.29, 1.82) is 0 Å². The fourth-order valence-corrected chi connectivity index (χ4v) is 3.77. The third-order valence-corrected chi connectivity index (χ3v) is 5.34. The Labute approximate surface area is 129 Å². The monoisotopic (exact) mass is 296 g/mol. The molecule has 1 aliphatic heterocycles. The van der Waals surface area contributed by atoms with Gasteiger partial charge >= 0.3 is 0 Å². The molecule has 0 bridgehead atoms. The summed E-state index contributed by atoms with van der Waals surface area (Å²) in [5.74, 6) is 1.11. The summed E-state index contributed by atoms with van der Waals surface area (Å²) in [6.07, 6.45) is 6.64. The van der Waals surface area contributed by atoms with Gasteiger partial charge in [0.1, 0.15) is 0 Å². The van der Waals surface area contributed by atoms with Gasteiger partial charge in [-0.25, -0.2) is 0 Å². The highest BCUT2D eigenvalue weighted by atomic mass is 16.5. The first-order chi connectivity index (χ1) is 10.1. The maximum absolute atomic E-state index is 13.3. The van der Waals surface area contributed by atoms with Crippen LogP contribution in [0.5, 0.6) is 0 Å². The molecule has 4 heteroatoms. The summed E-state index contributed by atoms with van der Waals surface area (Å²) < 4.78 is 5.25. The number of ether oxygens (including phenoxy) is 1. The second-order valence-corrected chi connectivity index (χ2v) is 6.85.